The summed E-state index contributed by atoms with van der Waals surface area (Å²) in [5.41, 5.74) is 2.21. The van der Waals surface area contributed by atoms with Gasteiger partial charge in [-0.25, -0.2) is 0 Å². The summed E-state index contributed by atoms with van der Waals surface area (Å²) in [5, 5.41) is 12.3. The smallest absolute Gasteiger partial charge is 0.262 e. The Kier molecular flexibility index (Phi) is 4.25. The van der Waals surface area contributed by atoms with Crippen molar-refractivity contribution < 1.29 is 14.6 Å². The van der Waals surface area contributed by atoms with E-state index in [1.807, 2.05) is 25.1 Å². The van der Waals surface area contributed by atoms with E-state index in [-0.39, 0.29) is 18.3 Å². The van der Waals surface area contributed by atoms with Crippen LogP contribution in [0.4, 0.5) is 5.69 Å². The molecule has 4 nitrogen and oxygen atoms in total. The highest BCUT2D eigenvalue weighted by Gasteiger charge is 2.08. The molecule has 2 aromatic carbocycles. The van der Waals surface area contributed by atoms with Crippen LogP contribution < -0.4 is 10.1 Å². The molecule has 0 aromatic heterocycles. The predicted octanol–water partition coefficient (Wildman–Crippen LogP) is 3.03. The van der Waals surface area contributed by atoms with E-state index in [1.165, 1.54) is 0 Å². The van der Waals surface area contributed by atoms with Crippen LogP contribution in [0.2, 0.25) is 0 Å². The number of para-hydroxylation sites is 1. The second-order valence-corrected chi connectivity index (χ2v) is 4.60. The molecule has 0 radical (unpaired) electrons. The van der Waals surface area contributed by atoms with Gasteiger partial charge >= 0.3 is 0 Å². The molecular formula is C16H17NO3. The summed E-state index contributed by atoms with van der Waals surface area (Å²) in [7, 11) is 0. The number of rotatable bonds is 4. The lowest BCUT2D eigenvalue weighted by Crippen LogP contribution is -2.20. The minimum absolute atomic E-state index is 0.0522. The number of amides is 1. The highest BCUT2D eigenvalue weighted by Crippen LogP contribution is 2.24. The van der Waals surface area contributed by atoms with Crippen LogP contribution >= 0.6 is 0 Å². The Morgan fingerprint density at radius 3 is 2.55 bits per heavy atom. The molecular weight excluding hydrogens is 254 g/mol. The summed E-state index contributed by atoms with van der Waals surface area (Å²) in [4.78, 5) is 11.8. The minimum atomic E-state index is -0.234. The van der Waals surface area contributed by atoms with Gasteiger partial charge in [-0.3, -0.25) is 4.79 Å². The number of anilines is 1. The van der Waals surface area contributed by atoms with Crippen molar-refractivity contribution in [3.8, 4) is 11.5 Å². The normalized spacial score (nSPS) is 10.1. The van der Waals surface area contributed by atoms with Crippen LogP contribution in [-0.2, 0) is 4.79 Å². The first-order valence-electron chi connectivity index (χ1n) is 6.34. The van der Waals surface area contributed by atoms with Gasteiger partial charge in [0.15, 0.2) is 6.61 Å². The maximum absolute atomic E-state index is 11.8. The number of nitrogens with one attached hydrogen (secondary N) is 1. The summed E-state index contributed by atoms with van der Waals surface area (Å²) in [5.74, 6) is 0.643. The fourth-order valence-corrected chi connectivity index (χ4v) is 1.79. The molecule has 0 bridgehead atoms. The number of phenols is 1. The van der Waals surface area contributed by atoms with Crippen LogP contribution in [0.15, 0.2) is 42.5 Å². The molecule has 0 saturated heterocycles. The number of benzene rings is 2. The van der Waals surface area contributed by atoms with Crippen molar-refractivity contribution in [2.75, 3.05) is 11.9 Å². The van der Waals surface area contributed by atoms with Gasteiger partial charge in [-0.05, 0) is 49.2 Å². The first kappa shape index (κ1) is 13.9. The van der Waals surface area contributed by atoms with Crippen LogP contribution in [-0.4, -0.2) is 17.6 Å². The van der Waals surface area contributed by atoms with E-state index in [9.17, 15) is 9.90 Å². The SMILES string of the molecule is Cc1cc(NC(=O)COc2ccccc2)c(C)cc1O. The highest BCUT2D eigenvalue weighted by molar-refractivity contribution is 5.92. The lowest BCUT2D eigenvalue weighted by atomic mass is 10.1. The number of phenolic OH excluding ortho intramolecular Hbond substituents is 1. The molecule has 0 heterocycles. The second-order valence-electron chi connectivity index (χ2n) is 4.60. The Labute approximate surface area is 118 Å². The molecule has 0 aliphatic rings. The van der Waals surface area contributed by atoms with Crippen LogP contribution in [0, 0.1) is 13.8 Å². The van der Waals surface area contributed by atoms with E-state index >= 15 is 0 Å². The number of aryl methyl sites for hydroxylation is 2. The van der Waals surface area contributed by atoms with Crippen molar-refractivity contribution in [3.63, 3.8) is 0 Å². The fourth-order valence-electron chi connectivity index (χ4n) is 1.79. The monoisotopic (exact) mass is 271 g/mol. The van der Waals surface area contributed by atoms with Gasteiger partial charge in [0, 0.05) is 5.69 Å². The molecule has 2 aromatic rings. The maximum atomic E-state index is 11.8. The van der Waals surface area contributed by atoms with Gasteiger partial charge in [0.25, 0.3) is 5.91 Å². The van der Waals surface area contributed by atoms with E-state index in [0.29, 0.717) is 11.4 Å². The first-order valence-corrected chi connectivity index (χ1v) is 6.34. The molecule has 2 rings (SSSR count). The van der Waals surface area contributed by atoms with Crippen LogP contribution in [0.25, 0.3) is 0 Å². The third-order valence-electron chi connectivity index (χ3n) is 2.93. The molecule has 1 amide bonds. The molecule has 0 spiro atoms. The number of ether oxygens (including phenoxy) is 1. The van der Waals surface area contributed by atoms with Crippen LogP contribution in [0.3, 0.4) is 0 Å². The molecule has 0 fully saturated rings. The van der Waals surface area contributed by atoms with E-state index < -0.39 is 0 Å². The van der Waals surface area contributed by atoms with Crippen molar-refractivity contribution in [1.29, 1.82) is 0 Å². The lowest BCUT2D eigenvalue weighted by Gasteiger charge is -2.11. The Morgan fingerprint density at radius 1 is 1.15 bits per heavy atom. The Balaban J connectivity index is 1.97. The predicted molar refractivity (Wildman–Crippen MR) is 78.1 cm³/mol. The second kappa shape index (κ2) is 6.10. The van der Waals surface area contributed by atoms with Crippen molar-refractivity contribution in [2.24, 2.45) is 0 Å². The molecule has 20 heavy (non-hydrogen) atoms. The van der Waals surface area contributed by atoms with Gasteiger partial charge in [-0.15, -0.1) is 0 Å². The van der Waals surface area contributed by atoms with Gasteiger partial charge < -0.3 is 15.2 Å². The summed E-state index contributed by atoms with van der Waals surface area (Å²) in [6.45, 7) is 3.56. The number of carbonyl (C=O) groups excluding carboxylic acids is 1. The van der Waals surface area contributed by atoms with Gasteiger partial charge in [0.1, 0.15) is 11.5 Å². The molecule has 0 atom stereocenters. The number of carbonyl (C=O) groups is 1. The third-order valence-corrected chi connectivity index (χ3v) is 2.93. The highest BCUT2D eigenvalue weighted by atomic mass is 16.5. The molecule has 2 N–H and O–H groups in total. The molecule has 104 valence electrons. The summed E-state index contributed by atoms with van der Waals surface area (Å²) in [6, 6.07) is 12.5. The summed E-state index contributed by atoms with van der Waals surface area (Å²) >= 11 is 0. The van der Waals surface area contributed by atoms with Crippen molar-refractivity contribution in [2.45, 2.75) is 13.8 Å². The lowest BCUT2D eigenvalue weighted by molar-refractivity contribution is -0.118. The van der Waals surface area contributed by atoms with Gasteiger partial charge in [0.05, 0.1) is 0 Å². The Bertz CT molecular complexity index is 609. The fraction of sp³-hybridized carbons (Fsp3) is 0.188. The molecule has 0 unspecified atom stereocenters. The Hall–Kier alpha value is -2.49. The van der Waals surface area contributed by atoms with Gasteiger partial charge in [-0.2, -0.15) is 0 Å². The Morgan fingerprint density at radius 2 is 1.85 bits per heavy atom. The zero-order chi connectivity index (χ0) is 14.5. The summed E-state index contributed by atoms with van der Waals surface area (Å²) < 4.78 is 5.37. The molecule has 4 heteroatoms. The van der Waals surface area contributed by atoms with Gasteiger partial charge in [-0.1, -0.05) is 18.2 Å². The minimum Gasteiger partial charge on any atom is -0.508 e. The number of aromatic hydroxyl groups is 1. The number of hydrogen-bond acceptors (Lipinski definition) is 3. The van der Waals surface area contributed by atoms with E-state index in [4.69, 9.17) is 4.74 Å². The van der Waals surface area contributed by atoms with E-state index in [1.54, 1.807) is 31.2 Å². The quantitative estimate of drug-likeness (QED) is 0.840. The average Bonchev–Trinajstić information content (AvgIpc) is 2.44. The zero-order valence-electron chi connectivity index (χ0n) is 11.5. The van der Waals surface area contributed by atoms with E-state index in [0.717, 1.165) is 11.1 Å². The first-order chi connectivity index (χ1) is 9.56. The van der Waals surface area contributed by atoms with Crippen molar-refractivity contribution in [3.05, 3.63) is 53.6 Å². The van der Waals surface area contributed by atoms with Crippen molar-refractivity contribution >= 4 is 11.6 Å². The van der Waals surface area contributed by atoms with Gasteiger partial charge in [0.2, 0.25) is 0 Å². The molecule has 0 aliphatic carbocycles. The maximum Gasteiger partial charge on any atom is 0.262 e. The zero-order valence-corrected chi connectivity index (χ0v) is 11.5. The summed E-state index contributed by atoms with van der Waals surface area (Å²) in [6.07, 6.45) is 0. The van der Waals surface area contributed by atoms with Crippen molar-refractivity contribution in [1.82, 2.24) is 0 Å². The largest absolute Gasteiger partial charge is 0.508 e. The number of hydrogen-bond donors (Lipinski definition) is 2. The standard InChI is InChI=1S/C16H17NO3/c1-11-9-15(18)12(2)8-14(11)17-16(19)10-20-13-6-4-3-5-7-13/h3-9,18H,10H2,1-2H3,(H,17,19). The third kappa shape index (κ3) is 3.51. The van der Waals surface area contributed by atoms with Crippen LogP contribution in [0.1, 0.15) is 11.1 Å². The topological polar surface area (TPSA) is 58.6 Å². The molecule has 0 saturated carbocycles. The average molecular weight is 271 g/mol. The van der Waals surface area contributed by atoms with Crippen LogP contribution in [0.5, 0.6) is 11.5 Å². The molecule has 0 aliphatic heterocycles. The van der Waals surface area contributed by atoms with E-state index in [2.05, 4.69) is 5.32 Å².